The van der Waals surface area contributed by atoms with Crippen LogP contribution >= 0.6 is 0 Å². The SMILES string of the molecule is C.Cc1cc(C)on1. The van der Waals surface area contributed by atoms with Gasteiger partial charge in [0.25, 0.3) is 0 Å². The summed E-state index contributed by atoms with van der Waals surface area (Å²) in [4.78, 5) is 0. The Bertz CT molecular complexity index is 141. The molecule has 0 aliphatic carbocycles. The van der Waals surface area contributed by atoms with Gasteiger partial charge in [0.05, 0.1) is 5.69 Å². The maximum Gasteiger partial charge on any atom is 0.133 e. The van der Waals surface area contributed by atoms with Crippen LogP contribution in [0.25, 0.3) is 0 Å². The normalized spacial score (nSPS) is 8.25. The van der Waals surface area contributed by atoms with E-state index in [1.807, 2.05) is 19.9 Å². The highest BCUT2D eigenvalue weighted by molar-refractivity contribution is 4.99. The van der Waals surface area contributed by atoms with Crippen molar-refractivity contribution in [1.82, 2.24) is 5.16 Å². The molecular formula is C6H11NO. The molecule has 1 aromatic heterocycles. The zero-order chi connectivity index (χ0) is 5.28. The van der Waals surface area contributed by atoms with E-state index in [4.69, 9.17) is 4.52 Å². The fourth-order valence-electron chi connectivity index (χ4n) is 0.491. The Morgan fingerprint density at radius 3 is 2.25 bits per heavy atom. The van der Waals surface area contributed by atoms with Gasteiger partial charge in [-0.1, -0.05) is 12.6 Å². The predicted molar refractivity (Wildman–Crippen MR) is 32.7 cm³/mol. The first-order chi connectivity index (χ1) is 3.29. The summed E-state index contributed by atoms with van der Waals surface area (Å²) in [5.41, 5.74) is 0.942. The van der Waals surface area contributed by atoms with Crippen LogP contribution in [0.4, 0.5) is 0 Å². The predicted octanol–water partition coefficient (Wildman–Crippen LogP) is 1.93. The van der Waals surface area contributed by atoms with E-state index >= 15 is 0 Å². The molecule has 0 aliphatic heterocycles. The Morgan fingerprint density at radius 2 is 2.12 bits per heavy atom. The van der Waals surface area contributed by atoms with Gasteiger partial charge in [-0.25, -0.2) is 0 Å². The summed E-state index contributed by atoms with van der Waals surface area (Å²) in [6.07, 6.45) is 0. The van der Waals surface area contributed by atoms with Gasteiger partial charge in [-0.2, -0.15) is 0 Å². The van der Waals surface area contributed by atoms with E-state index in [0.29, 0.717) is 0 Å². The Labute approximate surface area is 49.5 Å². The third kappa shape index (κ3) is 1.37. The fraction of sp³-hybridized carbons (Fsp3) is 0.500. The molecule has 1 rings (SSSR count). The number of rotatable bonds is 0. The van der Waals surface area contributed by atoms with E-state index in [-0.39, 0.29) is 7.43 Å². The second-order valence-electron chi connectivity index (χ2n) is 1.58. The van der Waals surface area contributed by atoms with E-state index in [9.17, 15) is 0 Å². The van der Waals surface area contributed by atoms with Crippen molar-refractivity contribution >= 4 is 0 Å². The molecule has 0 saturated carbocycles. The number of hydrogen-bond acceptors (Lipinski definition) is 2. The van der Waals surface area contributed by atoms with Crippen LogP contribution in [-0.4, -0.2) is 5.16 Å². The number of aryl methyl sites for hydroxylation is 2. The highest BCUT2D eigenvalue weighted by atomic mass is 16.5. The van der Waals surface area contributed by atoms with Crippen LogP contribution in [0.3, 0.4) is 0 Å². The van der Waals surface area contributed by atoms with Crippen molar-refractivity contribution in [2.24, 2.45) is 0 Å². The van der Waals surface area contributed by atoms with Crippen molar-refractivity contribution in [3.05, 3.63) is 17.5 Å². The Morgan fingerprint density at radius 1 is 1.50 bits per heavy atom. The monoisotopic (exact) mass is 113 g/mol. The summed E-state index contributed by atoms with van der Waals surface area (Å²) in [6.45, 7) is 3.77. The largest absolute Gasteiger partial charge is 0.361 e. The standard InChI is InChI=1S/C5H7NO.CH4/c1-4-3-5(2)7-6-4;/h3H,1-2H3;1H4. The molecule has 0 aliphatic rings. The average Bonchev–Trinajstić information content (AvgIpc) is 1.87. The van der Waals surface area contributed by atoms with E-state index in [1.54, 1.807) is 0 Å². The van der Waals surface area contributed by atoms with Crippen LogP contribution in [0.5, 0.6) is 0 Å². The maximum atomic E-state index is 4.71. The first kappa shape index (κ1) is 7.21. The van der Waals surface area contributed by atoms with Crippen molar-refractivity contribution in [2.45, 2.75) is 21.3 Å². The fourth-order valence-corrected chi connectivity index (χ4v) is 0.491. The third-order valence-electron chi connectivity index (χ3n) is 0.746. The van der Waals surface area contributed by atoms with Crippen LogP contribution in [0.1, 0.15) is 18.9 Å². The molecule has 1 heterocycles. The van der Waals surface area contributed by atoms with Crippen molar-refractivity contribution in [3.63, 3.8) is 0 Å². The van der Waals surface area contributed by atoms with Crippen molar-refractivity contribution in [2.75, 3.05) is 0 Å². The Kier molecular flexibility index (Phi) is 2.25. The number of aromatic nitrogens is 1. The average molecular weight is 113 g/mol. The topological polar surface area (TPSA) is 26.0 Å². The summed E-state index contributed by atoms with van der Waals surface area (Å²) >= 11 is 0. The molecular weight excluding hydrogens is 102 g/mol. The van der Waals surface area contributed by atoms with Gasteiger partial charge in [0.15, 0.2) is 0 Å². The maximum absolute atomic E-state index is 4.71. The minimum Gasteiger partial charge on any atom is -0.361 e. The molecule has 1 aromatic rings. The van der Waals surface area contributed by atoms with E-state index in [2.05, 4.69) is 5.16 Å². The van der Waals surface area contributed by atoms with Crippen LogP contribution in [0, 0.1) is 13.8 Å². The molecule has 0 unspecified atom stereocenters. The zero-order valence-electron chi connectivity index (χ0n) is 4.43. The molecule has 0 spiro atoms. The number of nitrogens with zero attached hydrogens (tertiary/aromatic N) is 1. The quantitative estimate of drug-likeness (QED) is 0.513. The second kappa shape index (κ2) is 2.50. The molecule has 0 saturated heterocycles. The smallest absolute Gasteiger partial charge is 0.133 e. The lowest BCUT2D eigenvalue weighted by Gasteiger charge is -1.65. The minimum absolute atomic E-state index is 0. The van der Waals surface area contributed by atoms with Gasteiger partial charge in [0.2, 0.25) is 0 Å². The summed E-state index contributed by atoms with van der Waals surface area (Å²) in [5.74, 6) is 0.873. The molecule has 0 radical (unpaired) electrons. The molecule has 0 fully saturated rings. The first-order valence-electron chi connectivity index (χ1n) is 2.19. The number of hydrogen-bond donors (Lipinski definition) is 0. The lowest BCUT2D eigenvalue weighted by Crippen LogP contribution is -1.59. The summed E-state index contributed by atoms with van der Waals surface area (Å²) in [7, 11) is 0. The van der Waals surface area contributed by atoms with Gasteiger partial charge in [-0.3, -0.25) is 0 Å². The third-order valence-corrected chi connectivity index (χ3v) is 0.746. The molecule has 0 aromatic carbocycles. The summed E-state index contributed by atoms with van der Waals surface area (Å²) in [5, 5.41) is 3.64. The van der Waals surface area contributed by atoms with Gasteiger partial charge in [0, 0.05) is 6.07 Å². The van der Waals surface area contributed by atoms with Crippen LogP contribution in [-0.2, 0) is 0 Å². The Balaban J connectivity index is 0.000000490. The molecule has 2 nitrogen and oxygen atoms in total. The molecule has 0 amide bonds. The van der Waals surface area contributed by atoms with Crippen LogP contribution in [0.2, 0.25) is 0 Å². The van der Waals surface area contributed by atoms with Gasteiger partial charge in [-0.05, 0) is 13.8 Å². The van der Waals surface area contributed by atoms with Gasteiger partial charge in [-0.15, -0.1) is 0 Å². The lowest BCUT2D eigenvalue weighted by atomic mass is 10.4. The molecule has 8 heavy (non-hydrogen) atoms. The van der Waals surface area contributed by atoms with Crippen LogP contribution < -0.4 is 0 Å². The van der Waals surface area contributed by atoms with Crippen molar-refractivity contribution in [3.8, 4) is 0 Å². The molecule has 2 heteroatoms. The highest BCUT2D eigenvalue weighted by Gasteiger charge is 1.88. The van der Waals surface area contributed by atoms with Crippen molar-refractivity contribution in [1.29, 1.82) is 0 Å². The highest BCUT2D eigenvalue weighted by Crippen LogP contribution is 1.96. The zero-order valence-corrected chi connectivity index (χ0v) is 4.43. The Hall–Kier alpha value is -0.790. The molecule has 0 bridgehead atoms. The summed E-state index contributed by atoms with van der Waals surface area (Å²) in [6, 6.07) is 1.89. The second-order valence-corrected chi connectivity index (χ2v) is 1.58. The van der Waals surface area contributed by atoms with Crippen molar-refractivity contribution < 1.29 is 4.52 Å². The van der Waals surface area contributed by atoms with E-state index < -0.39 is 0 Å². The minimum atomic E-state index is 0. The van der Waals surface area contributed by atoms with Gasteiger partial charge >= 0.3 is 0 Å². The van der Waals surface area contributed by atoms with E-state index in [1.165, 1.54) is 0 Å². The first-order valence-corrected chi connectivity index (χ1v) is 2.19. The van der Waals surface area contributed by atoms with Crippen LogP contribution in [0.15, 0.2) is 10.6 Å². The van der Waals surface area contributed by atoms with Gasteiger partial charge in [0.1, 0.15) is 5.76 Å². The molecule has 0 atom stereocenters. The van der Waals surface area contributed by atoms with E-state index in [0.717, 1.165) is 11.5 Å². The molecule has 46 valence electrons. The lowest BCUT2D eigenvalue weighted by molar-refractivity contribution is 0.393. The summed E-state index contributed by atoms with van der Waals surface area (Å²) < 4.78 is 4.71. The molecule has 0 N–H and O–H groups in total. The van der Waals surface area contributed by atoms with Gasteiger partial charge < -0.3 is 4.52 Å².